The van der Waals surface area contributed by atoms with E-state index in [2.05, 4.69) is 40.1 Å². The number of fused-ring (bicyclic) bond motifs is 1. The molecule has 3 rings (SSSR count). The molecule has 1 heterocycles. The zero-order chi connectivity index (χ0) is 12.5. The van der Waals surface area contributed by atoms with Crippen LogP contribution in [0.15, 0.2) is 30.6 Å². The lowest BCUT2D eigenvalue weighted by Crippen LogP contribution is -2.12. The highest BCUT2D eigenvalue weighted by Gasteiger charge is 2.23. The molecule has 0 bridgehead atoms. The van der Waals surface area contributed by atoms with Gasteiger partial charge in [-0.3, -0.25) is 0 Å². The lowest BCUT2D eigenvalue weighted by molar-refractivity contribution is 0.590. The molecule has 1 unspecified atom stereocenters. The Balaban J connectivity index is 1.95. The number of hydrogen-bond donors (Lipinski definition) is 1. The Bertz CT molecular complexity index is 557. The van der Waals surface area contributed by atoms with Crippen LogP contribution in [0.2, 0.25) is 0 Å². The minimum Gasteiger partial charge on any atom is -0.338 e. The summed E-state index contributed by atoms with van der Waals surface area (Å²) >= 11 is 0. The van der Waals surface area contributed by atoms with Gasteiger partial charge in [0.2, 0.25) is 0 Å². The second-order valence-electron chi connectivity index (χ2n) is 5.00. The van der Waals surface area contributed by atoms with E-state index in [0.29, 0.717) is 6.04 Å². The van der Waals surface area contributed by atoms with Gasteiger partial charge >= 0.3 is 0 Å². The van der Waals surface area contributed by atoms with Gasteiger partial charge in [0.25, 0.3) is 0 Å². The topological polar surface area (TPSA) is 29.9 Å². The molecule has 1 atom stereocenters. The van der Waals surface area contributed by atoms with Crippen molar-refractivity contribution >= 4 is 0 Å². The minimum absolute atomic E-state index is 0.529. The van der Waals surface area contributed by atoms with Gasteiger partial charge in [-0.1, -0.05) is 18.2 Å². The van der Waals surface area contributed by atoms with Crippen LogP contribution in [-0.4, -0.2) is 16.6 Å². The molecule has 0 saturated heterocycles. The molecule has 0 spiro atoms. The van der Waals surface area contributed by atoms with Gasteiger partial charge in [-0.25, -0.2) is 4.98 Å². The third-order valence-electron chi connectivity index (χ3n) is 3.99. The Morgan fingerprint density at radius 1 is 1.44 bits per heavy atom. The highest BCUT2D eigenvalue weighted by Crippen LogP contribution is 2.33. The first-order chi connectivity index (χ1) is 8.79. The van der Waals surface area contributed by atoms with Gasteiger partial charge in [0, 0.05) is 31.9 Å². The molecular formula is C15H19N3. The van der Waals surface area contributed by atoms with E-state index in [0.717, 1.165) is 12.2 Å². The monoisotopic (exact) mass is 241 g/mol. The third-order valence-corrected chi connectivity index (χ3v) is 3.99. The van der Waals surface area contributed by atoms with E-state index in [-0.39, 0.29) is 0 Å². The van der Waals surface area contributed by atoms with Crippen LogP contribution in [0.25, 0.3) is 0 Å². The molecule has 0 aliphatic heterocycles. The SMILES string of the molecule is CNC1CCc2c(Cc3nccn3C)cccc21. The summed E-state index contributed by atoms with van der Waals surface area (Å²) in [4.78, 5) is 4.42. The average molecular weight is 241 g/mol. The van der Waals surface area contributed by atoms with Crippen molar-refractivity contribution in [2.45, 2.75) is 25.3 Å². The van der Waals surface area contributed by atoms with E-state index in [1.54, 1.807) is 0 Å². The third kappa shape index (κ3) is 1.85. The van der Waals surface area contributed by atoms with Crippen molar-refractivity contribution in [3.63, 3.8) is 0 Å². The van der Waals surface area contributed by atoms with Gasteiger partial charge in [-0.15, -0.1) is 0 Å². The van der Waals surface area contributed by atoms with Crippen LogP contribution < -0.4 is 5.32 Å². The molecule has 0 radical (unpaired) electrons. The molecule has 0 saturated carbocycles. The number of nitrogens with zero attached hydrogens (tertiary/aromatic N) is 2. The van der Waals surface area contributed by atoms with Crippen LogP contribution in [-0.2, 0) is 19.9 Å². The van der Waals surface area contributed by atoms with Crippen molar-refractivity contribution in [2.75, 3.05) is 7.05 Å². The highest BCUT2D eigenvalue weighted by atomic mass is 15.0. The largest absolute Gasteiger partial charge is 0.338 e. The number of aryl methyl sites for hydroxylation is 1. The number of rotatable bonds is 3. The van der Waals surface area contributed by atoms with Crippen LogP contribution in [0, 0.1) is 0 Å². The van der Waals surface area contributed by atoms with Gasteiger partial charge in [0.05, 0.1) is 0 Å². The molecule has 1 aromatic heterocycles. The second kappa shape index (κ2) is 4.58. The van der Waals surface area contributed by atoms with E-state index >= 15 is 0 Å². The van der Waals surface area contributed by atoms with Crippen LogP contribution >= 0.6 is 0 Å². The van der Waals surface area contributed by atoms with E-state index in [1.165, 1.54) is 29.5 Å². The van der Waals surface area contributed by atoms with Crippen LogP contribution in [0.1, 0.15) is 35.0 Å². The summed E-state index contributed by atoms with van der Waals surface area (Å²) in [7, 11) is 4.10. The molecule has 1 aliphatic carbocycles. The van der Waals surface area contributed by atoms with Crippen molar-refractivity contribution in [1.82, 2.24) is 14.9 Å². The first-order valence-corrected chi connectivity index (χ1v) is 6.53. The fourth-order valence-corrected chi connectivity index (χ4v) is 2.93. The Morgan fingerprint density at radius 2 is 2.33 bits per heavy atom. The van der Waals surface area contributed by atoms with Crippen molar-refractivity contribution < 1.29 is 0 Å². The molecular weight excluding hydrogens is 222 g/mol. The van der Waals surface area contributed by atoms with Crippen molar-refractivity contribution in [1.29, 1.82) is 0 Å². The van der Waals surface area contributed by atoms with Gasteiger partial charge in [-0.05, 0) is 36.6 Å². The average Bonchev–Trinajstić information content (AvgIpc) is 2.97. The molecule has 0 amide bonds. The summed E-state index contributed by atoms with van der Waals surface area (Å²) in [6.45, 7) is 0. The minimum atomic E-state index is 0.529. The van der Waals surface area contributed by atoms with Crippen LogP contribution in [0.4, 0.5) is 0 Å². The molecule has 94 valence electrons. The number of nitrogens with one attached hydrogen (secondary N) is 1. The molecule has 1 aromatic carbocycles. The first-order valence-electron chi connectivity index (χ1n) is 6.53. The molecule has 3 nitrogen and oxygen atoms in total. The predicted octanol–water partition coefficient (Wildman–Crippen LogP) is 2.22. The predicted molar refractivity (Wildman–Crippen MR) is 72.6 cm³/mol. The highest BCUT2D eigenvalue weighted by molar-refractivity contribution is 5.42. The van der Waals surface area contributed by atoms with Crippen molar-refractivity contribution in [3.05, 3.63) is 53.1 Å². The Labute approximate surface area is 108 Å². The zero-order valence-corrected chi connectivity index (χ0v) is 11.0. The van der Waals surface area contributed by atoms with Crippen LogP contribution in [0.5, 0.6) is 0 Å². The summed E-state index contributed by atoms with van der Waals surface area (Å²) in [6, 6.07) is 7.20. The summed E-state index contributed by atoms with van der Waals surface area (Å²) in [5, 5.41) is 3.40. The molecule has 18 heavy (non-hydrogen) atoms. The van der Waals surface area contributed by atoms with E-state index in [1.807, 2.05) is 19.4 Å². The number of benzene rings is 1. The Kier molecular flexibility index (Phi) is 2.92. The summed E-state index contributed by atoms with van der Waals surface area (Å²) in [6.07, 6.45) is 7.21. The Morgan fingerprint density at radius 3 is 3.06 bits per heavy atom. The van der Waals surface area contributed by atoms with Crippen molar-refractivity contribution in [3.8, 4) is 0 Å². The Hall–Kier alpha value is -1.61. The van der Waals surface area contributed by atoms with E-state index in [4.69, 9.17) is 0 Å². The molecule has 1 N–H and O–H groups in total. The number of hydrogen-bond acceptors (Lipinski definition) is 2. The maximum atomic E-state index is 4.42. The standard InChI is InChI=1S/C15H19N3/c1-16-14-7-6-12-11(4-3-5-13(12)14)10-15-17-8-9-18(15)2/h3-5,8-9,14,16H,6-7,10H2,1-2H3. The van der Waals surface area contributed by atoms with Gasteiger partial charge < -0.3 is 9.88 Å². The van der Waals surface area contributed by atoms with E-state index in [9.17, 15) is 0 Å². The van der Waals surface area contributed by atoms with Crippen LogP contribution in [0.3, 0.4) is 0 Å². The fraction of sp³-hybridized carbons (Fsp3) is 0.400. The lowest BCUT2D eigenvalue weighted by Gasteiger charge is -2.12. The smallest absolute Gasteiger partial charge is 0.112 e. The lowest BCUT2D eigenvalue weighted by atomic mass is 10.00. The summed E-state index contributed by atoms with van der Waals surface area (Å²) in [5.74, 6) is 1.14. The summed E-state index contributed by atoms with van der Waals surface area (Å²) in [5.41, 5.74) is 4.43. The fourth-order valence-electron chi connectivity index (χ4n) is 2.93. The normalized spacial score (nSPS) is 18.0. The maximum Gasteiger partial charge on any atom is 0.112 e. The molecule has 0 fully saturated rings. The molecule has 3 heteroatoms. The second-order valence-corrected chi connectivity index (χ2v) is 5.00. The quantitative estimate of drug-likeness (QED) is 0.893. The zero-order valence-electron chi connectivity index (χ0n) is 11.0. The first kappa shape index (κ1) is 11.5. The molecule has 2 aromatic rings. The molecule has 1 aliphatic rings. The summed E-state index contributed by atoms with van der Waals surface area (Å²) < 4.78 is 2.10. The van der Waals surface area contributed by atoms with Crippen molar-refractivity contribution in [2.24, 2.45) is 7.05 Å². The number of imidazole rings is 1. The number of aromatic nitrogens is 2. The maximum absolute atomic E-state index is 4.42. The van der Waals surface area contributed by atoms with E-state index < -0.39 is 0 Å². The van der Waals surface area contributed by atoms with Gasteiger partial charge in [-0.2, -0.15) is 0 Å². The van der Waals surface area contributed by atoms with Gasteiger partial charge in [0.1, 0.15) is 5.82 Å². The van der Waals surface area contributed by atoms with Gasteiger partial charge in [0.15, 0.2) is 0 Å².